The van der Waals surface area contributed by atoms with E-state index in [1.165, 1.54) is 17.8 Å². The van der Waals surface area contributed by atoms with Crippen molar-refractivity contribution in [1.29, 1.82) is 0 Å². The number of hydrogen-bond donors (Lipinski definition) is 1. The van der Waals surface area contributed by atoms with Crippen molar-refractivity contribution in [3.63, 3.8) is 0 Å². The number of aliphatic hydroxyl groups excluding tert-OH is 1. The smallest absolute Gasteiger partial charge is 0.383 e. The highest BCUT2D eigenvalue weighted by Crippen LogP contribution is 2.50. The zero-order valence-electron chi connectivity index (χ0n) is 22.9. The van der Waals surface area contributed by atoms with Gasteiger partial charge in [0.25, 0.3) is 0 Å². The average molecular weight is 723 g/mol. The zero-order valence-corrected chi connectivity index (χ0v) is 25.9. The fourth-order valence-corrected chi connectivity index (χ4v) is 7.78. The van der Waals surface area contributed by atoms with Gasteiger partial charge in [0.2, 0.25) is 0 Å². The summed E-state index contributed by atoms with van der Waals surface area (Å²) in [6.45, 7) is 7.99. The van der Waals surface area contributed by atoms with Gasteiger partial charge in [-0.2, -0.15) is 18.2 Å². The third-order valence-corrected chi connectivity index (χ3v) is 9.74. The third kappa shape index (κ3) is 5.33. The summed E-state index contributed by atoms with van der Waals surface area (Å²) in [7, 11) is 1.46. The first-order valence-corrected chi connectivity index (χ1v) is 15.1. The first-order valence-electron chi connectivity index (χ1n) is 13.1. The van der Waals surface area contributed by atoms with Gasteiger partial charge in [0.15, 0.2) is 0 Å². The zero-order chi connectivity index (χ0) is 30.7. The fraction of sp³-hybridized carbons (Fsp3) is 0.429. The van der Waals surface area contributed by atoms with Crippen LogP contribution in [-0.2, 0) is 10.9 Å². The molecule has 0 radical (unpaired) electrons. The number of alkyl halides is 3. The molecule has 1 saturated heterocycles. The van der Waals surface area contributed by atoms with Gasteiger partial charge < -0.3 is 14.7 Å². The summed E-state index contributed by atoms with van der Waals surface area (Å²) < 4.78 is 80.3. The molecule has 42 heavy (non-hydrogen) atoms. The molecule has 7 nitrogen and oxygen atoms in total. The van der Waals surface area contributed by atoms with Crippen molar-refractivity contribution in [2.45, 2.75) is 49.3 Å². The normalized spacial score (nSPS) is 22.0. The second-order valence-electron chi connectivity index (χ2n) is 10.5. The molecular weight excluding hydrogens is 694 g/mol. The summed E-state index contributed by atoms with van der Waals surface area (Å²) in [4.78, 5) is 21.6. The second-order valence-corrected chi connectivity index (χ2v) is 12.7. The van der Waals surface area contributed by atoms with Crippen LogP contribution in [0.1, 0.15) is 25.5 Å². The van der Waals surface area contributed by atoms with Crippen LogP contribution >= 0.6 is 34.4 Å². The topological polar surface area (TPSA) is 70.8 Å². The van der Waals surface area contributed by atoms with Gasteiger partial charge in [-0.1, -0.05) is 6.58 Å². The molecule has 2 aliphatic rings. The Morgan fingerprint density at radius 1 is 1.21 bits per heavy atom. The minimum Gasteiger partial charge on any atom is -0.383 e. The molecule has 3 heterocycles. The number of methoxy groups -OCH3 is 1. The molecule has 226 valence electrons. The van der Waals surface area contributed by atoms with Gasteiger partial charge >= 0.3 is 11.9 Å². The Labute approximate surface area is 256 Å². The van der Waals surface area contributed by atoms with E-state index in [-0.39, 0.29) is 62.7 Å². The summed E-state index contributed by atoms with van der Waals surface area (Å²) in [6, 6.07) is 1.47. The largest absolute Gasteiger partial charge is 0.417 e. The molecule has 2 aromatic carbocycles. The summed E-state index contributed by atoms with van der Waals surface area (Å²) >= 11 is 2.68. The summed E-state index contributed by atoms with van der Waals surface area (Å²) in [5.74, 6) is -1.78. The van der Waals surface area contributed by atoms with Gasteiger partial charge in [-0.25, -0.2) is 13.6 Å². The molecule has 14 heteroatoms. The predicted molar refractivity (Wildman–Crippen MR) is 160 cm³/mol. The number of nitrogens with zero attached hydrogens (tertiary/aromatic N) is 4. The SMILES string of the molecule is C=CC(O)N1[C@H](C)CN(c2nc(=O)n3c4c(c(-c5cc(I)c(F)cc5F)c(C(F)(F)F)cc24)SC[C@@H]3COC)C[C@@H]1C. The van der Waals surface area contributed by atoms with Gasteiger partial charge in [0.05, 0.1) is 23.7 Å². The number of anilines is 1. The van der Waals surface area contributed by atoms with Crippen LogP contribution in [0, 0.1) is 15.2 Å². The van der Waals surface area contributed by atoms with Gasteiger partial charge in [-0.05, 0) is 54.6 Å². The van der Waals surface area contributed by atoms with E-state index < -0.39 is 52.5 Å². The maximum Gasteiger partial charge on any atom is 0.417 e. The lowest BCUT2D eigenvalue weighted by Crippen LogP contribution is -2.60. The molecule has 0 amide bonds. The maximum absolute atomic E-state index is 15.2. The number of halogens is 6. The molecule has 3 aromatic rings. The van der Waals surface area contributed by atoms with Crippen molar-refractivity contribution in [3.8, 4) is 11.1 Å². The van der Waals surface area contributed by atoms with E-state index in [4.69, 9.17) is 4.74 Å². The Morgan fingerprint density at radius 2 is 1.88 bits per heavy atom. The first kappa shape index (κ1) is 31.2. The van der Waals surface area contributed by atoms with Crippen LogP contribution in [0.15, 0.2) is 40.5 Å². The predicted octanol–water partition coefficient (Wildman–Crippen LogP) is 5.66. The Morgan fingerprint density at radius 3 is 2.48 bits per heavy atom. The average Bonchev–Trinajstić information content (AvgIpc) is 2.91. The summed E-state index contributed by atoms with van der Waals surface area (Å²) in [5, 5.41) is 10.5. The third-order valence-electron chi connectivity index (χ3n) is 7.68. The molecule has 0 bridgehead atoms. The number of hydrogen-bond acceptors (Lipinski definition) is 7. The number of aliphatic hydroxyl groups is 1. The van der Waals surface area contributed by atoms with Gasteiger partial charge in [-0.15, -0.1) is 11.8 Å². The molecule has 1 unspecified atom stereocenters. The number of piperazine rings is 1. The van der Waals surface area contributed by atoms with Crippen LogP contribution in [0.3, 0.4) is 0 Å². The van der Waals surface area contributed by atoms with Crippen molar-refractivity contribution in [2.24, 2.45) is 0 Å². The Hall–Kier alpha value is -2.27. The minimum atomic E-state index is -4.91. The summed E-state index contributed by atoms with van der Waals surface area (Å²) in [6.07, 6.45) is -4.44. The van der Waals surface area contributed by atoms with E-state index in [0.29, 0.717) is 6.07 Å². The Kier molecular flexibility index (Phi) is 8.66. The highest BCUT2D eigenvalue weighted by molar-refractivity contribution is 14.1. The lowest BCUT2D eigenvalue weighted by atomic mass is 9.95. The van der Waals surface area contributed by atoms with Gasteiger partial charge in [0, 0.05) is 69.1 Å². The number of thioether (sulfide) groups is 1. The molecule has 0 spiro atoms. The van der Waals surface area contributed by atoms with Gasteiger partial charge in [0.1, 0.15) is 23.7 Å². The Bertz CT molecular complexity index is 1610. The van der Waals surface area contributed by atoms with Gasteiger partial charge in [-0.3, -0.25) is 9.47 Å². The lowest BCUT2D eigenvalue weighted by Gasteiger charge is -2.46. The van der Waals surface area contributed by atoms with E-state index in [1.807, 2.05) is 18.7 Å². The standard InChI is InChI=1S/C28H28F5IN4O3S/c1-5-22(39)37-13(2)9-36(10-14(37)3)26-17-6-18(28(31,32)33)23(16-7-21(34)20(30)8-19(16)29)25-24(17)38(27(40)35-26)15(11-41-4)12-42-25/h5-8,13-15,22,39H,1,9-12H2,2-4H3/t13-,14+,15-,22?/m0/s1. The maximum atomic E-state index is 15.2. The molecule has 1 fully saturated rings. The molecule has 1 aromatic heterocycles. The number of rotatable bonds is 6. The van der Waals surface area contributed by atoms with Crippen molar-refractivity contribution in [3.05, 3.63) is 62.1 Å². The summed E-state index contributed by atoms with van der Waals surface area (Å²) in [5.41, 5.74) is -2.45. The second kappa shape index (κ2) is 11.7. The minimum absolute atomic E-state index is 0.0437. The number of benzene rings is 2. The highest BCUT2D eigenvalue weighted by Gasteiger charge is 2.41. The molecule has 0 aliphatic carbocycles. The van der Waals surface area contributed by atoms with Crippen molar-refractivity contribution < 1.29 is 31.8 Å². The lowest BCUT2D eigenvalue weighted by molar-refractivity contribution is -0.137. The van der Waals surface area contributed by atoms with E-state index >= 15 is 4.39 Å². The Balaban J connectivity index is 1.84. The van der Waals surface area contributed by atoms with Crippen molar-refractivity contribution >= 4 is 51.1 Å². The van der Waals surface area contributed by atoms with Crippen LogP contribution in [0.2, 0.25) is 0 Å². The molecule has 0 saturated carbocycles. The van der Waals surface area contributed by atoms with E-state index in [2.05, 4.69) is 11.6 Å². The van der Waals surface area contributed by atoms with Crippen LogP contribution in [0.5, 0.6) is 0 Å². The van der Waals surface area contributed by atoms with Crippen molar-refractivity contribution in [2.75, 3.05) is 37.5 Å². The van der Waals surface area contributed by atoms with Crippen LogP contribution in [-0.4, -0.2) is 70.4 Å². The quantitative estimate of drug-likeness (QED) is 0.153. The van der Waals surface area contributed by atoms with Crippen LogP contribution in [0.25, 0.3) is 22.0 Å². The van der Waals surface area contributed by atoms with Crippen LogP contribution in [0.4, 0.5) is 27.8 Å². The van der Waals surface area contributed by atoms with E-state index in [1.54, 1.807) is 27.5 Å². The van der Waals surface area contributed by atoms with Crippen molar-refractivity contribution in [1.82, 2.24) is 14.5 Å². The first-order chi connectivity index (χ1) is 19.8. The molecule has 4 atom stereocenters. The number of ether oxygens (including phenoxy) is 1. The van der Waals surface area contributed by atoms with E-state index in [9.17, 15) is 27.5 Å². The fourth-order valence-electron chi connectivity index (χ4n) is 6.00. The van der Waals surface area contributed by atoms with E-state index in [0.717, 1.165) is 23.9 Å². The monoisotopic (exact) mass is 722 g/mol. The number of aromatic nitrogens is 2. The molecule has 2 aliphatic heterocycles. The highest BCUT2D eigenvalue weighted by atomic mass is 127. The molecule has 1 N–H and O–H groups in total. The molecule has 5 rings (SSSR count). The van der Waals surface area contributed by atoms with Crippen LogP contribution < -0.4 is 10.6 Å². The molecular formula is C28H28F5IN4O3S.